The molecule has 1 aromatic heterocycles. The normalized spacial score (nSPS) is 10.7. The van der Waals surface area contributed by atoms with Crippen LogP contribution in [0.15, 0.2) is 18.5 Å². The van der Waals surface area contributed by atoms with E-state index in [4.69, 9.17) is 28.9 Å². The Hall–Kier alpha value is -1.26. The van der Waals surface area contributed by atoms with Crippen LogP contribution in [0.2, 0.25) is 10.0 Å². The summed E-state index contributed by atoms with van der Waals surface area (Å²) in [6, 6.07) is 3.34. The Morgan fingerprint density at radius 2 is 2.12 bits per heavy atom. The molecule has 0 aliphatic carbocycles. The lowest BCUT2D eigenvalue weighted by Crippen LogP contribution is -2.02. The molecule has 0 aliphatic heterocycles. The number of aromatic nitrogens is 3. The van der Waals surface area contributed by atoms with Crippen molar-refractivity contribution in [2.45, 2.75) is 13.5 Å². The smallest absolute Gasteiger partial charge is 0.160 e. The third-order valence-electron chi connectivity index (χ3n) is 2.25. The van der Waals surface area contributed by atoms with Crippen molar-refractivity contribution in [3.63, 3.8) is 0 Å². The van der Waals surface area contributed by atoms with Crippen LogP contribution in [0.5, 0.6) is 0 Å². The summed E-state index contributed by atoms with van der Waals surface area (Å²) in [6.45, 7) is 2.68. The second kappa shape index (κ2) is 4.31. The van der Waals surface area contributed by atoms with Crippen molar-refractivity contribution in [3.8, 4) is 11.4 Å². The van der Waals surface area contributed by atoms with Crippen molar-refractivity contribution in [1.29, 1.82) is 0 Å². The minimum atomic E-state index is 0.424. The molecular formula is C10H10Cl2N4. The van der Waals surface area contributed by atoms with Crippen molar-refractivity contribution >= 4 is 28.9 Å². The summed E-state index contributed by atoms with van der Waals surface area (Å²) in [7, 11) is 0. The lowest BCUT2D eigenvalue weighted by Gasteiger charge is -2.08. The SMILES string of the molecule is CCn1ncnc1-c1cc(Cl)cc(Cl)c1N. The minimum absolute atomic E-state index is 0.424. The summed E-state index contributed by atoms with van der Waals surface area (Å²) in [5.41, 5.74) is 7.07. The highest BCUT2D eigenvalue weighted by molar-refractivity contribution is 6.37. The van der Waals surface area contributed by atoms with E-state index >= 15 is 0 Å². The van der Waals surface area contributed by atoms with Gasteiger partial charge in [-0.1, -0.05) is 23.2 Å². The zero-order valence-corrected chi connectivity index (χ0v) is 10.1. The van der Waals surface area contributed by atoms with Gasteiger partial charge in [-0.15, -0.1) is 0 Å². The van der Waals surface area contributed by atoms with E-state index in [-0.39, 0.29) is 0 Å². The molecule has 0 atom stereocenters. The molecule has 1 heterocycles. The first-order valence-corrected chi connectivity index (χ1v) is 5.51. The van der Waals surface area contributed by atoms with Gasteiger partial charge in [-0.25, -0.2) is 9.67 Å². The van der Waals surface area contributed by atoms with Crippen LogP contribution in [0.4, 0.5) is 5.69 Å². The number of nitrogen functional groups attached to an aromatic ring is 1. The average Bonchev–Trinajstić information content (AvgIpc) is 2.71. The second-order valence-electron chi connectivity index (χ2n) is 3.25. The van der Waals surface area contributed by atoms with Gasteiger partial charge in [0, 0.05) is 17.1 Å². The van der Waals surface area contributed by atoms with Crippen LogP contribution >= 0.6 is 23.2 Å². The zero-order valence-electron chi connectivity index (χ0n) is 8.61. The van der Waals surface area contributed by atoms with Crippen LogP contribution in [0.1, 0.15) is 6.92 Å². The molecule has 0 aliphatic rings. The number of hydrogen-bond acceptors (Lipinski definition) is 3. The molecule has 2 N–H and O–H groups in total. The van der Waals surface area contributed by atoms with Gasteiger partial charge in [-0.05, 0) is 19.1 Å². The number of benzene rings is 1. The van der Waals surface area contributed by atoms with Crippen LogP contribution in [0.3, 0.4) is 0 Å². The quantitative estimate of drug-likeness (QED) is 0.841. The highest BCUT2D eigenvalue weighted by atomic mass is 35.5. The Bertz CT molecular complexity index is 522. The number of anilines is 1. The predicted molar refractivity (Wildman–Crippen MR) is 65.6 cm³/mol. The van der Waals surface area contributed by atoms with Gasteiger partial charge in [0.05, 0.1) is 10.7 Å². The molecule has 0 radical (unpaired) electrons. The van der Waals surface area contributed by atoms with Crippen LogP contribution in [0.25, 0.3) is 11.4 Å². The maximum absolute atomic E-state index is 5.96. The van der Waals surface area contributed by atoms with Gasteiger partial charge in [-0.3, -0.25) is 0 Å². The molecule has 1 aromatic carbocycles. The molecule has 0 unspecified atom stereocenters. The molecule has 2 aromatic rings. The lowest BCUT2D eigenvalue weighted by molar-refractivity contribution is 0.666. The number of nitrogens with zero attached hydrogens (tertiary/aromatic N) is 3. The molecule has 0 bridgehead atoms. The highest BCUT2D eigenvalue weighted by Crippen LogP contribution is 2.33. The van der Waals surface area contributed by atoms with Gasteiger partial charge in [0.15, 0.2) is 5.82 Å². The molecule has 0 amide bonds. The molecule has 6 heteroatoms. The molecule has 0 fully saturated rings. The first kappa shape index (κ1) is 11.2. The Kier molecular flexibility index (Phi) is 3.03. The van der Waals surface area contributed by atoms with Gasteiger partial charge in [0.25, 0.3) is 0 Å². The maximum atomic E-state index is 5.96. The summed E-state index contributed by atoms with van der Waals surface area (Å²) in [5, 5.41) is 5.03. The molecular weight excluding hydrogens is 247 g/mol. The number of aryl methyl sites for hydroxylation is 1. The van der Waals surface area contributed by atoms with E-state index in [1.807, 2.05) is 6.92 Å². The van der Waals surface area contributed by atoms with E-state index < -0.39 is 0 Å². The van der Waals surface area contributed by atoms with Crippen LogP contribution in [-0.2, 0) is 6.54 Å². The zero-order chi connectivity index (χ0) is 11.7. The Labute approximate surface area is 103 Å². The summed E-state index contributed by atoms with van der Waals surface area (Å²) >= 11 is 11.9. The third-order valence-corrected chi connectivity index (χ3v) is 2.78. The lowest BCUT2D eigenvalue weighted by atomic mass is 10.1. The summed E-state index contributed by atoms with van der Waals surface area (Å²) in [4.78, 5) is 4.15. The third kappa shape index (κ3) is 1.86. The standard InChI is InChI=1S/C10H10Cl2N4/c1-2-16-10(14-5-15-16)7-3-6(11)4-8(12)9(7)13/h3-5H,2,13H2,1H3. The monoisotopic (exact) mass is 256 g/mol. The van der Waals surface area contributed by atoms with Gasteiger partial charge < -0.3 is 5.73 Å². The summed E-state index contributed by atoms with van der Waals surface area (Å²) < 4.78 is 1.73. The predicted octanol–water partition coefficient (Wildman–Crippen LogP) is 2.85. The molecule has 0 saturated carbocycles. The Balaban J connectivity index is 2.64. The first-order valence-electron chi connectivity index (χ1n) is 4.76. The van der Waals surface area contributed by atoms with Crippen molar-refractivity contribution < 1.29 is 0 Å². The van der Waals surface area contributed by atoms with E-state index in [2.05, 4.69) is 10.1 Å². The fourth-order valence-corrected chi connectivity index (χ4v) is 1.97. The highest BCUT2D eigenvalue weighted by Gasteiger charge is 2.13. The summed E-state index contributed by atoms with van der Waals surface area (Å²) in [6.07, 6.45) is 1.48. The Morgan fingerprint density at radius 1 is 1.38 bits per heavy atom. The number of rotatable bonds is 2. The van der Waals surface area contributed by atoms with E-state index in [1.165, 1.54) is 6.33 Å². The topological polar surface area (TPSA) is 56.7 Å². The van der Waals surface area contributed by atoms with Crippen LogP contribution < -0.4 is 5.73 Å². The Morgan fingerprint density at radius 3 is 2.81 bits per heavy atom. The first-order chi connectivity index (χ1) is 7.63. The van der Waals surface area contributed by atoms with Crippen LogP contribution in [-0.4, -0.2) is 14.8 Å². The van der Waals surface area contributed by atoms with Crippen LogP contribution in [0, 0.1) is 0 Å². The molecule has 84 valence electrons. The maximum Gasteiger partial charge on any atom is 0.160 e. The second-order valence-corrected chi connectivity index (χ2v) is 4.09. The molecule has 4 nitrogen and oxygen atoms in total. The van der Waals surface area contributed by atoms with E-state index in [0.29, 0.717) is 33.7 Å². The van der Waals surface area contributed by atoms with Gasteiger partial charge in [-0.2, -0.15) is 5.10 Å². The fraction of sp³-hybridized carbons (Fsp3) is 0.200. The van der Waals surface area contributed by atoms with Crippen molar-refractivity contribution in [2.75, 3.05) is 5.73 Å². The van der Waals surface area contributed by atoms with Crippen molar-refractivity contribution in [1.82, 2.24) is 14.8 Å². The summed E-state index contributed by atoms with van der Waals surface area (Å²) in [5.74, 6) is 0.671. The minimum Gasteiger partial charge on any atom is -0.397 e. The van der Waals surface area contributed by atoms with E-state index in [9.17, 15) is 0 Å². The number of nitrogens with two attached hydrogens (primary N) is 1. The number of hydrogen-bond donors (Lipinski definition) is 1. The largest absolute Gasteiger partial charge is 0.397 e. The van der Waals surface area contributed by atoms with Gasteiger partial charge in [0.2, 0.25) is 0 Å². The van der Waals surface area contributed by atoms with E-state index in [1.54, 1.807) is 16.8 Å². The average molecular weight is 257 g/mol. The molecule has 0 spiro atoms. The molecule has 0 saturated heterocycles. The van der Waals surface area contributed by atoms with Gasteiger partial charge >= 0.3 is 0 Å². The van der Waals surface area contributed by atoms with Gasteiger partial charge in [0.1, 0.15) is 6.33 Å². The molecule has 2 rings (SSSR count). The number of halogens is 2. The van der Waals surface area contributed by atoms with E-state index in [0.717, 1.165) is 0 Å². The van der Waals surface area contributed by atoms with Crippen molar-refractivity contribution in [2.24, 2.45) is 0 Å². The van der Waals surface area contributed by atoms with Crippen molar-refractivity contribution in [3.05, 3.63) is 28.5 Å². The molecule has 16 heavy (non-hydrogen) atoms. The fourth-order valence-electron chi connectivity index (χ4n) is 1.47.